The van der Waals surface area contributed by atoms with Crippen LogP contribution in [-0.4, -0.2) is 41.9 Å². The Morgan fingerprint density at radius 2 is 1.81 bits per heavy atom. The van der Waals surface area contributed by atoms with Gasteiger partial charge in [0.2, 0.25) is 0 Å². The molecule has 0 radical (unpaired) electrons. The Balaban J connectivity index is 1.27. The molecule has 5 rings (SSSR count). The summed E-state index contributed by atoms with van der Waals surface area (Å²) in [6, 6.07) is 16.6. The monoisotopic (exact) mass is 430 g/mol. The molecule has 1 saturated heterocycles. The molecule has 0 unspecified atom stereocenters. The zero-order valence-corrected chi connectivity index (χ0v) is 18.8. The van der Waals surface area contributed by atoms with Crippen LogP contribution >= 0.6 is 0 Å². The molecule has 2 heterocycles. The minimum Gasteiger partial charge on any atom is -0.497 e. The molecule has 1 aromatic heterocycles. The maximum Gasteiger partial charge on any atom is 0.272 e. The number of aryl methyl sites for hydroxylation is 1. The van der Waals surface area contributed by atoms with Crippen LogP contribution < -0.4 is 15.0 Å². The number of para-hydroxylation sites is 1. The number of amides is 1. The highest BCUT2D eigenvalue weighted by Crippen LogP contribution is 2.29. The van der Waals surface area contributed by atoms with Crippen molar-refractivity contribution in [1.29, 1.82) is 0 Å². The molecule has 1 aliphatic carbocycles. The fraction of sp³-hybridized carbons (Fsp3) is 0.385. The van der Waals surface area contributed by atoms with E-state index in [0.717, 1.165) is 62.2 Å². The van der Waals surface area contributed by atoms with Crippen molar-refractivity contribution in [3.63, 3.8) is 0 Å². The molecule has 6 nitrogen and oxygen atoms in total. The summed E-state index contributed by atoms with van der Waals surface area (Å²) < 4.78 is 7.25. The van der Waals surface area contributed by atoms with Gasteiger partial charge in [0.1, 0.15) is 5.75 Å². The number of nitrogens with one attached hydrogen (secondary N) is 1. The lowest BCUT2D eigenvalue weighted by atomic mass is 10.0. The third kappa shape index (κ3) is 3.85. The third-order valence-corrected chi connectivity index (χ3v) is 6.76. The topological polar surface area (TPSA) is 59.4 Å². The lowest BCUT2D eigenvalue weighted by molar-refractivity contribution is 0.0924. The van der Waals surface area contributed by atoms with Crippen LogP contribution in [0.1, 0.15) is 46.6 Å². The largest absolute Gasteiger partial charge is 0.497 e. The Morgan fingerprint density at radius 3 is 2.53 bits per heavy atom. The van der Waals surface area contributed by atoms with Crippen molar-refractivity contribution < 1.29 is 9.53 Å². The molecule has 3 aromatic rings. The maximum atomic E-state index is 13.2. The zero-order valence-electron chi connectivity index (χ0n) is 18.8. The molecule has 1 amide bonds. The van der Waals surface area contributed by atoms with Crippen LogP contribution in [0.25, 0.3) is 5.69 Å². The SMILES string of the molecule is COc1ccc(N2CCC(NC(=O)c3nn(-c4ccccc4C)c4c3CCC4)CC2)cc1. The highest BCUT2D eigenvalue weighted by Gasteiger charge is 2.29. The quantitative estimate of drug-likeness (QED) is 0.663. The number of hydrogen-bond donors (Lipinski definition) is 1. The molecule has 0 saturated carbocycles. The van der Waals surface area contributed by atoms with E-state index in [4.69, 9.17) is 9.84 Å². The predicted octanol–water partition coefficient (Wildman–Crippen LogP) is 4.08. The Hall–Kier alpha value is -3.28. The lowest BCUT2D eigenvalue weighted by Gasteiger charge is -2.34. The molecule has 166 valence electrons. The molecular formula is C26H30N4O2. The van der Waals surface area contributed by atoms with Crippen LogP contribution in [0.3, 0.4) is 0 Å². The number of hydrogen-bond acceptors (Lipinski definition) is 4. The average molecular weight is 431 g/mol. The van der Waals surface area contributed by atoms with Crippen LogP contribution in [0.4, 0.5) is 5.69 Å². The van der Waals surface area contributed by atoms with E-state index in [0.29, 0.717) is 5.69 Å². The first-order valence-electron chi connectivity index (χ1n) is 11.5. The summed E-state index contributed by atoms with van der Waals surface area (Å²) in [4.78, 5) is 15.6. The summed E-state index contributed by atoms with van der Waals surface area (Å²) in [6.07, 6.45) is 4.85. The molecule has 6 heteroatoms. The van der Waals surface area contributed by atoms with Crippen molar-refractivity contribution >= 4 is 11.6 Å². The van der Waals surface area contributed by atoms with Crippen molar-refractivity contribution in [2.75, 3.05) is 25.1 Å². The molecule has 0 atom stereocenters. The number of aromatic nitrogens is 2. The molecule has 1 aliphatic heterocycles. The minimum atomic E-state index is -0.0293. The molecular weight excluding hydrogens is 400 g/mol. The van der Waals surface area contributed by atoms with E-state index in [2.05, 4.69) is 41.4 Å². The fourth-order valence-corrected chi connectivity index (χ4v) is 4.95. The van der Waals surface area contributed by atoms with Gasteiger partial charge in [0, 0.05) is 36.1 Å². The van der Waals surface area contributed by atoms with Crippen molar-refractivity contribution in [3.8, 4) is 11.4 Å². The van der Waals surface area contributed by atoms with Crippen LogP contribution in [0.15, 0.2) is 48.5 Å². The first-order chi connectivity index (χ1) is 15.6. The van der Waals surface area contributed by atoms with Gasteiger partial charge < -0.3 is 15.0 Å². The first kappa shape index (κ1) is 20.6. The zero-order chi connectivity index (χ0) is 22.1. The van der Waals surface area contributed by atoms with Gasteiger partial charge >= 0.3 is 0 Å². The number of piperidine rings is 1. The average Bonchev–Trinajstić information content (AvgIpc) is 3.43. The van der Waals surface area contributed by atoms with E-state index in [1.165, 1.54) is 16.9 Å². The number of methoxy groups -OCH3 is 1. The van der Waals surface area contributed by atoms with Crippen molar-refractivity contribution in [3.05, 3.63) is 71.0 Å². The van der Waals surface area contributed by atoms with Gasteiger partial charge in [-0.3, -0.25) is 4.79 Å². The van der Waals surface area contributed by atoms with E-state index in [1.807, 2.05) is 28.9 Å². The molecule has 0 bridgehead atoms. The van der Waals surface area contributed by atoms with Crippen molar-refractivity contribution in [1.82, 2.24) is 15.1 Å². The van der Waals surface area contributed by atoms with E-state index >= 15 is 0 Å². The Kier molecular flexibility index (Phi) is 5.60. The molecule has 32 heavy (non-hydrogen) atoms. The highest BCUT2D eigenvalue weighted by atomic mass is 16.5. The molecule has 1 N–H and O–H groups in total. The van der Waals surface area contributed by atoms with Crippen LogP contribution in [0.2, 0.25) is 0 Å². The van der Waals surface area contributed by atoms with Crippen LogP contribution in [0, 0.1) is 6.92 Å². The standard InChI is InChI=1S/C26H30N4O2/c1-18-6-3-4-8-23(18)30-24-9-5-7-22(24)25(28-30)26(31)27-19-14-16-29(17-15-19)20-10-12-21(32-2)13-11-20/h3-4,6,8,10-13,19H,5,7,9,14-17H2,1-2H3,(H,27,31). The van der Waals surface area contributed by atoms with E-state index in [9.17, 15) is 4.79 Å². The van der Waals surface area contributed by atoms with Gasteiger partial charge in [-0.25, -0.2) is 4.68 Å². The summed E-state index contributed by atoms with van der Waals surface area (Å²) >= 11 is 0. The second-order valence-electron chi connectivity index (χ2n) is 8.76. The molecule has 2 aromatic carbocycles. The maximum absolute atomic E-state index is 13.2. The smallest absolute Gasteiger partial charge is 0.272 e. The Labute approximate surface area is 189 Å². The summed E-state index contributed by atoms with van der Waals surface area (Å²) in [5, 5.41) is 8.06. The summed E-state index contributed by atoms with van der Waals surface area (Å²) in [5.41, 5.74) is 6.36. The number of rotatable bonds is 5. The van der Waals surface area contributed by atoms with E-state index in [1.54, 1.807) is 7.11 Å². The first-order valence-corrected chi connectivity index (χ1v) is 11.5. The highest BCUT2D eigenvalue weighted by molar-refractivity contribution is 5.94. The number of nitrogens with zero attached hydrogens (tertiary/aromatic N) is 3. The van der Waals surface area contributed by atoms with Crippen LogP contribution in [0.5, 0.6) is 5.75 Å². The molecule has 0 spiro atoms. The number of benzene rings is 2. The second-order valence-corrected chi connectivity index (χ2v) is 8.76. The Bertz CT molecular complexity index is 1110. The minimum absolute atomic E-state index is 0.0293. The normalized spacial score (nSPS) is 16.1. The van der Waals surface area contributed by atoms with Crippen LogP contribution in [-0.2, 0) is 12.8 Å². The van der Waals surface area contributed by atoms with Gasteiger partial charge in [0.25, 0.3) is 5.91 Å². The van der Waals surface area contributed by atoms with Crippen molar-refractivity contribution in [2.24, 2.45) is 0 Å². The summed E-state index contributed by atoms with van der Waals surface area (Å²) in [6.45, 7) is 3.94. The number of fused-ring (bicyclic) bond motifs is 1. The van der Waals surface area contributed by atoms with E-state index < -0.39 is 0 Å². The number of anilines is 1. The van der Waals surface area contributed by atoms with E-state index in [-0.39, 0.29) is 11.9 Å². The number of ether oxygens (including phenoxy) is 1. The van der Waals surface area contributed by atoms with Gasteiger partial charge in [-0.1, -0.05) is 18.2 Å². The molecule has 1 fully saturated rings. The van der Waals surface area contributed by atoms with Gasteiger partial charge in [0.15, 0.2) is 5.69 Å². The fourth-order valence-electron chi connectivity index (χ4n) is 4.95. The summed E-state index contributed by atoms with van der Waals surface area (Å²) in [5.74, 6) is 0.840. The number of carbonyl (C=O) groups is 1. The Morgan fingerprint density at radius 1 is 1.06 bits per heavy atom. The van der Waals surface area contributed by atoms with Crippen molar-refractivity contribution in [2.45, 2.75) is 45.1 Å². The number of carbonyl (C=O) groups excluding carboxylic acids is 1. The summed E-state index contributed by atoms with van der Waals surface area (Å²) in [7, 11) is 1.68. The second kappa shape index (κ2) is 8.69. The molecule has 2 aliphatic rings. The third-order valence-electron chi connectivity index (χ3n) is 6.76. The predicted molar refractivity (Wildman–Crippen MR) is 126 cm³/mol. The van der Waals surface area contributed by atoms with Gasteiger partial charge in [-0.2, -0.15) is 5.10 Å². The van der Waals surface area contributed by atoms with Gasteiger partial charge in [-0.15, -0.1) is 0 Å². The van der Waals surface area contributed by atoms with Gasteiger partial charge in [-0.05, 0) is 74.9 Å². The van der Waals surface area contributed by atoms with Gasteiger partial charge in [0.05, 0.1) is 12.8 Å². The lowest BCUT2D eigenvalue weighted by Crippen LogP contribution is -2.45.